The van der Waals surface area contributed by atoms with Crippen LogP contribution in [0.15, 0.2) is 40.9 Å². The maximum atomic E-state index is 13.9. The van der Waals surface area contributed by atoms with Crippen LogP contribution < -0.4 is 4.90 Å². The standard InChI is InChI=1S/C18H14F2N2O2/c19-11-8-14(20)12-5-3-7-22(16(12)9-11)18(23)10-15-13-4-1-2-6-17(13)24-21-15/h1-2,4,6,8-9H,3,5,7,10H2. The minimum absolute atomic E-state index is 0.0224. The van der Waals surface area contributed by atoms with Crippen molar-refractivity contribution < 1.29 is 18.1 Å². The molecular formula is C18H14F2N2O2. The number of nitrogens with zero attached hydrogens (tertiary/aromatic N) is 2. The number of anilines is 1. The van der Waals surface area contributed by atoms with Gasteiger partial charge in [-0.15, -0.1) is 0 Å². The smallest absolute Gasteiger partial charge is 0.233 e. The lowest BCUT2D eigenvalue weighted by atomic mass is 10.00. The highest BCUT2D eigenvalue weighted by molar-refractivity contribution is 5.97. The van der Waals surface area contributed by atoms with Crippen molar-refractivity contribution in [2.75, 3.05) is 11.4 Å². The maximum Gasteiger partial charge on any atom is 0.233 e. The van der Waals surface area contributed by atoms with Crippen molar-refractivity contribution in [2.24, 2.45) is 0 Å². The Labute approximate surface area is 136 Å². The minimum Gasteiger partial charge on any atom is -0.356 e. The van der Waals surface area contributed by atoms with Crippen LogP contribution in [0, 0.1) is 11.6 Å². The van der Waals surface area contributed by atoms with Gasteiger partial charge in [-0.25, -0.2) is 8.78 Å². The number of benzene rings is 2. The summed E-state index contributed by atoms with van der Waals surface area (Å²) in [7, 11) is 0. The van der Waals surface area contributed by atoms with Gasteiger partial charge in [0.2, 0.25) is 5.91 Å². The zero-order valence-electron chi connectivity index (χ0n) is 12.8. The van der Waals surface area contributed by atoms with Crippen LogP contribution in [0.5, 0.6) is 0 Å². The molecule has 0 aliphatic carbocycles. The molecule has 2 heterocycles. The summed E-state index contributed by atoms with van der Waals surface area (Å²) in [5.41, 5.74) is 1.84. The third-order valence-electron chi connectivity index (χ3n) is 4.31. The molecule has 2 aromatic carbocycles. The third-order valence-corrected chi connectivity index (χ3v) is 4.31. The number of amides is 1. The number of hydrogen-bond acceptors (Lipinski definition) is 3. The second-order valence-electron chi connectivity index (χ2n) is 5.84. The molecule has 4 nitrogen and oxygen atoms in total. The molecule has 1 aromatic heterocycles. The highest BCUT2D eigenvalue weighted by atomic mass is 19.1. The first-order valence-corrected chi connectivity index (χ1v) is 7.75. The van der Waals surface area contributed by atoms with Gasteiger partial charge in [-0.3, -0.25) is 4.79 Å². The number of rotatable bonds is 2. The van der Waals surface area contributed by atoms with E-state index in [1.807, 2.05) is 18.2 Å². The third kappa shape index (κ3) is 2.44. The van der Waals surface area contributed by atoms with Gasteiger partial charge in [0.05, 0.1) is 12.1 Å². The van der Waals surface area contributed by atoms with Crippen molar-refractivity contribution in [3.05, 3.63) is 59.3 Å². The van der Waals surface area contributed by atoms with Gasteiger partial charge >= 0.3 is 0 Å². The van der Waals surface area contributed by atoms with Crippen molar-refractivity contribution in [2.45, 2.75) is 19.3 Å². The molecule has 122 valence electrons. The van der Waals surface area contributed by atoms with Crippen LogP contribution in [-0.4, -0.2) is 17.6 Å². The highest BCUT2D eigenvalue weighted by Crippen LogP contribution is 2.31. The Hall–Kier alpha value is -2.76. The van der Waals surface area contributed by atoms with Crippen LogP contribution in [0.25, 0.3) is 11.0 Å². The molecule has 0 spiro atoms. The summed E-state index contributed by atoms with van der Waals surface area (Å²) in [5.74, 6) is -1.53. The molecule has 1 aliphatic rings. The fraction of sp³-hybridized carbons (Fsp3) is 0.222. The Balaban J connectivity index is 1.67. The number of para-hydroxylation sites is 1. The van der Waals surface area contributed by atoms with E-state index < -0.39 is 11.6 Å². The van der Waals surface area contributed by atoms with Crippen molar-refractivity contribution in [3.63, 3.8) is 0 Å². The molecule has 0 N–H and O–H groups in total. The Morgan fingerprint density at radius 1 is 1.25 bits per heavy atom. The van der Waals surface area contributed by atoms with Crippen LogP contribution in [0.2, 0.25) is 0 Å². The first-order valence-electron chi connectivity index (χ1n) is 7.75. The normalized spacial score (nSPS) is 14.0. The van der Waals surface area contributed by atoms with E-state index in [0.717, 1.165) is 11.5 Å². The molecule has 0 radical (unpaired) electrons. The second kappa shape index (κ2) is 5.70. The van der Waals surface area contributed by atoms with Gasteiger partial charge in [0.1, 0.15) is 17.3 Å². The first-order chi connectivity index (χ1) is 11.6. The Morgan fingerprint density at radius 3 is 2.96 bits per heavy atom. The maximum absolute atomic E-state index is 13.9. The summed E-state index contributed by atoms with van der Waals surface area (Å²) in [6.07, 6.45) is 1.16. The Bertz CT molecular complexity index is 936. The summed E-state index contributed by atoms with van der Waals surface area (Å²) in [5, 5.41) is 4.72. The molecule has 0 atom stereocenters. The largest absolute Gasteiger partial charge is 0.356 e. The molecule has 0 saturated carbocycles. The van der Waals surface area contributed by atoms with E-state index in [-0.39, 0.29) is 12.3 Å². The van der Waals surface area contributed by atoms with Crippen LogP contribution in [0.4, 0.5) is 14.5 Å². The van der Waals surface area contributed by atoms with Gasteiger partial charge in [-0.05, 0) is 31.0 Å². The summed E-state index contributed by atoms with van der Waals surface area (Å²) >= 11 is 0. The number of carbonyl (C=O) groups excluding carboxylic acids is 1. The van der Waals surface area contributed by atoms with Gasteiger partial charge in [-0.2, -0.15) is 0 Å². The van der Waals surface area contributed by atoms with E-state index in [4.69, 9.17) is 4.52 Å². The van der Waals surface area contributed by atoms with Crippen LogP contribution >= 0.6 is 0 Å². The van der Waals surface area contributed by atoms with E-state index in [9.17, 15) is 13.6 Å². The summed E-state index contributed by atoms with van der Waals surface area (Å²) in [4.78, 5) is 14.1. The summed E-state index contributed by atoms with van der Waals surface area (Å²) in [6.45, 7) is 0.435. The lowest BCUT2D eigenvalue weighted by Crippen LogP contribution is -2.37. The molecule has 1 aliphatic heterocycles. The average molecular weight is 328 g/mol. The molecule has 6 heteroatoms. The Morgan fingerprint density at radius 2 is 2.08 bits per heavy atom. The number of halogens is 2. The van der Waals surface area contributed by atoms with Gasteiger partial charge in [-0.1, -0.05) is 17.3 Å². The van der Waals surface area contributed by atoms with E-state index in [2.05, 4.69) is 5.16 Å². The summed E-state index contributed by atoms with van der Waals surface area (Å²) in [6, 6.07) is 9.35. The van der Waals surface area contributed by atoms with E-state index >= 15 is 0 Å². The zero-order valence-corrected chi connectivity index (χ0v) is 12.8. The molecule has 0 saturated heterocycles. The molecule has 4 rings (SSSR count). The average Bonchev–Trinajstić information content (AvgIpc) is 2.97. The SMILES string of the molecule is O=C(Cc1noc2ccccc12)N1CCCc2c(F)cc(F)cc21. The minimum atomic E-state index is -0.683. The van der Waals surface area contributed by atoms with E-state index in [1.165, 1.54) is 11.0 Å². The van der Waals surface area contributed by atoms with Crippen molar-refractivity contribution in [3.8, 4) is 0 Å². The fourth-order valence-corrected chi connectivity index (χ4v) is 3.18. The van der Waals surface area contributed by atoms with Crippen LogP contribution in [-0.2, 0) is 17.6 Å². The van der Waals surface area contributed by atoms with E-state index in [0.29, 0.717) is 41.9 Å². The molecule has 0 unspecified atom stereocenters. The second-order valence-corrected chi connectivity index (χ2v) is 5.84. The topological polar surface area (TPSA) is 46.3 Å². The van der Waals surface area contributed by atoms with Crippen LogP contribution in [0.3, 0.4) is 0 Å². The van der Waals surface area contributed by atoms with Crippen molar-refractivity contribution >= 4 is 22.6 Å². The van der Waals surface area contributed by atoms with Gasteiger partial charge in [0.25, 0.3) is 0 Å². The quantitative estimate of drug-likeness (QED) is 0.722. The molecule has 0 bridgehead atoms. The molecular weight excluding hydrogens is 314 g/mol. The monoisotopic (exact) mass is 328 g/mol. The first kappa shape index (κ1) is 14.8. The number of fused-ring (bicyclic) bond motifs is 2. The van der Waals surface area contributed by atoms with Gasteiger partial charge < -0.3 is 9.42 Å². The number of aromatic nitrogens is 1. The van der Waals surface area contributed by atoms with E-state index in [1.54, 1.807) is 6.07 Å². The lowest BCUT2D eigenvalue weighted by molar-refractivity contribution is -0.118. The number of carbonyl (C=O) groups is 1. The molecule has 24 heavy (non-hydrogen) atoms. The lowest BCUT2D eigenvalue weighted by Gasteiger charge is -2.29. The number of hydrogen-bond donors (Lipinski definition) is 0. The highest BCUT2D eigenvalue weighted by Gasteiger charge is 2.26. The van der Waals surface area contributed by atoms with Gasteiger partial charge in [0, 0.05) is 23.6 Å². The van der Waals surface area contributed by atoms with Crippen molar-refractivity contribution in [1.29, 1.82) is 0 Å². The van der Waals surface area contributed by atoms with Gasteiger partial charge in [0.15, 0.2) is 5.58 Å². The molecule has 3 aromatic rings. The Kier molecular flexibility index (Phi) is 3.52. The predicted molar refractivity (Wildman–Crippen MR) is 84.7 cm³/mol. The molecule has 1 amide bonds. The summed E-state index contributed by atoms with van der Waals surface area (Å²) < 4.78 is 32.7. The fourth-order valence-electron chi connectivity index (χ4n) is 3.18. The zero-order chi connectivity index (χ0) is 16.7. The predicted octanol–water partition coefficient (Wildman–Crippen LogP) is 3.63. The van der Waals surface area contributed by atoms with Crippen LogP contribution in [0.1, 0.15) is 17.7 Å². The molecule has 0 fully saturated rings. The van der Waals surface area contributed by atoms with Crippen molar-refractivity contribution in [1.82, 2.24) is 5.16 Å².